The molecule has 0 unspecified atom stereocenters. The van der Waals surface area contributed by atoms with E-state index in [0.717, 1.165) is 6.26 Å². The van der Waals surface area contributed by atoms with E-state index >= 15 is 0 Å². The molecule has 6 N–H and O–H groups in total. The van der Waals surface area contributed by atoms with Gasteiger partial charge in [-0.2, -0.15) is 0 Å². The molecule has 0 saturated heterocycles. The average molecular weight is 743 g/mol. The van der Waals surface area contributed by atoms with Crippen LogP contribution in [0.1, 0.15) is 125 Å². The largest absolute Gasteiger partial charge is 0.476 e. The zero-order chi connectivity index (χ0) is 38.8. The smallest absolute Gasteiger partial charge is 0.407 e. The number of amides is 3. The van der Waals surface area contributed by atoms with Crippen molar-refractivity contribution in [3.63, 3.8) is 0 Å². The van der Waals surface area contributed by atoms with Crippen molar-refractivity contribution in [2.75, 3.05) is 13.1 Å². The lowest BCUT2D eigenvalue weighted by atomic mass is 10.1. The number of aromatic nitrogens is 4. The second kappa shape index (κ2) is 17.7. The highest BCUT2D eigenvalue weighted by Gasteiger charge is 2.26. The average Bonchev–Trinajstić information content (AvgIpc) is 3.88. The van der Waals surface area contributed by atoms with Crippen LogP contribution in [0.4, 0.5) is 9.59 Å². The number of carboxylic acid groups (broad SMARTS) is 1. The molecule has 0 aromatic carbocycles. The maximum atomic E-state index is 13.4. The molecular weight excluding hydrogens is 696 g/mol. The van der Waals surface area contributed by atoms with E-state index in [1.807, 2.05) is 0 Å². The fourth-order valence-corrected chi connectivity index (χ4v) is 4.67. The van der Waals surface area contributed by atoms with Crippen molar-refractivity contribution in [3.05, 3.63) is 48.2 Å². The van der Waals surface area contributed by atoms with Gasteiger partial charge in [0.2, 0.25) is 23.6 Å². The summed E-state index contributed by atoms with van der Waals surface area (Å²) >= 11 is 0. The highest BCUT2D eigenvalue weighted by molar-refractivity contribution is 5.92. The monoisotopic (exact) mass is 742 g/mol. The van der Waals surface area contributed by atoms with Crippen molar-refractivity contribution in [1.29, 1.82) is 0 Å². The fourth-order valence-electron chi connectivity index (χ4n) is 4.67. The number of rotatable bonds is 17. The standard InChI is InChI=1S/C34H46N8O11/c1-33(2,3)52-31(46)36-13-9-7-11-19(35)26-40-22(16-48-26)28-39-21(15-49-28)25(43)38-20(12-8-10-14-37-32(47)53-34(4,5)6)27-41-23(17-50-27)29-42-24(18-51-29)30(44)45/h15-20H,7-14,35H2,1-6H3,(H,36,46)(H,37,47)(H,38,43)(H,44,45)/t19-,20-/m0/s1. The van der Waals surface area contributed by atoms with Crippen LogP contribution in [0.5, 0.6) is 0 Å². The molecule has 19 heteroatoms. The second-order valence-corrected chi connectivity index (χ2v) is 14.0. The third-order valence-electron chi connectivity index (χ3n) is 7.06. The molecule has 19 nitrogen and oxygen atoms in total. The number of carbonyl (C=O) groups excluding carboxylic acids is 3. The molecule has 0 radical (unpaired) electrons. The first-order valence-corrected chi connectivity index (χ1v) is 17.0. The number of aromatic carboxylic acids is 1. The third kappa shape index (κ3) is 12.8. The molecule has 3 amide bonds. The molecule has 0 aliphatic carbocycles. The molecular formula is C34H46N8O11. The number of oxazole rings is 4. The summed E-state index contributed by atoms with van der Waals surface area (Å²) in [5.41, 5.74) is 5.05. The Balaban J connectivity index is 1.35. The summed E-state index contributed by atoms with van der Waals surface area (Å²) in [7, 11) is 0. The minimum atomic E-state index is -1.27. The molecule has 0 saturated carbocycles. The van der Waals surface area contributed by atoms with Crippen LogP contribution in [-0.4, -0.2) is 73.4 Å². The van der Waals surface area contributed by atoms with Gasteiger partial charge in [-0.25, -0.2) is 34.3 Å². The quantitative estimate of drug-likeness (QED) is 0.0831. The normalized spacial score (nSPS) is 12.9. The van der Waals surface area contributed by atoms with Crippen LogP contribution in [0, 0.1) is 0 Å². The lowest BCUT2D eigenvalue weighted by molar-refractivity contribution is 0.0515. The molecule has 288 valence electrons. The molecule has 2 atom stereocenters. The van der Waals surface area contributed by atoms with Crippen LogP contribution < -0.4 is 21.7 Å². The summed E-state index contributed by atoms with van der Waals surface area (Å²) in [5, 5.41) is 17.4. The Morgan fingerprint density at radius 3 is 1.72 bits per heavy atom. The van der Waals surface area contributed by atoms with Crippen LogP contribution in [0.15, 0.2) is 42.7 Å². The number of hydrogen-bond donors (Lipinski definition) is 5. The minimum Gasteiger partial charge on any atom is -0.476 e. The molecule has 0 aliphatic heterocycles. The van der Waals surface area contributed by atoms with Crippen LogP contribution in [0.25, 0.3) is 23.2 Å². The van der Waals surface area contributed by atoms with E-state index in [2.05, 4.69) is 35.9 Å². The van der Waals surface area contributed by atoms with Gasteiger partial charge in [-0.05, 0) is 80.1 Å². The van der Waals surface area contributed by atoms with Crippen LogP contribution in [0.3, 0.4) is 0 Å². The van der Waals surface area contributed by atoms with Crippen molar-refractivity contribution in [1.82, 2.24) is 35.9 Å². The van der Waals surface area contributed by atoms with Crippen LogP contribution >= 0.6 is 0 Å². The fraction of sp³-hybridized carbons (Fsp3) is 0.529. The highest BCUT2D eigenvalue weighted by Crippen LogP contribution is 2.26. The summed E-state index contributed by atoms with van der Waals surface area (Å²) in [5.74, 6) is -1.57. The summed E-state index contributed by atoms with van der Waals surface area (Å²) in [6, 6.07) is -1.30. The zero-order valence-electron chi connectivity index (χ0n) is 30.5. The first-order valence-electron chi connectivity index (χ1n) is 17.0. The number of nitrogens with one attached hydrogen (secondary N) is 3. The van der Waals surface area contributed by atoms with Gasteiger partial charge in [-0.1, -0.05) is 0 Å². The van der Waals surface area contributed by atoms with E-state index < -0.39 is 47.3 Å². The molecule has 4 rings (SSSR count). The van der Waals surface area contributed by atoms with E-state index in [1.165, 1.54) is 18.8 Å². The van der Waals surface area contributed by atoms with Crippen LogP contribution in [-0.2, 0) is 9.47 Å². The van der Waals surface area contributed by atoms with Crippen LogP contribution in [0.2, 0.25) is 0 Å². The second-order valence-electron chi connectivity index (χ2n) is 14.0. The molecule has 0 bridgehead atoms. The first kappa shape index (κ1) is 40.1. The van der Waals surface area contributed by atoms with Gasteiger partial charge in [0, 0.05) is 13.1 Å². The zero-order valence-corrected chi connectivity index (χ0v) is 30.5. The minimum absolute atomic E-state index is 0.0280. The SMILES string of the molecule is CC(C)(C)OC(=O)NCCCC[C@H](NC(=O)c1coc(-c2coc([C@@H](N)CCCCNC(=O)OC(C)(C)C)n2)n1)c1nc(-c2nc(C(=O)O)co2)co1. The molecule has 0 fully saturated rings. The number of nitrogens with two attached hydrogens (primary N) is 1. The summed E-state index contributed by atoms with van der Waals surface area (Å²) < 4.78 is 32.4. The highest BCUT2D eigenvalue weighted by atomic mass is 16.6. The summed E-state index contributed by atoms with van der Waals surface area (Å²) in [6.45, 7) is 11.4. The van der Waals surface area contributed by atoms with E-state index in [9.17, 15) is 24.3 Å². The van der Waals surface area contributed by atoms with Crippen molar-refractivity contribution >= 4 is 24.1 Å². The van der Waals surface area contributed by atoms with Crippen molar-refractivity contribution < 1.29 is 51.4 Å². The molecule has 4 aromatic rings. The summed E-state index contributed by atoms with van der Waals surface area (Å²) in [4.78, 5) is 65.3. The Hall–Kier alpha value is -5.72. The molecule has 0 spiro atoms. The predicted molar refractivity (Wildman–Crippen MR) is 184 cm³/mol. The topological polar surface area (TPSA) is 273 Å². The Bertz CT molecular complexity index is 1830. The maximum Gasteiger partial charge on any atom is 0.407 e. The lowest BCUT2D eigenvalue weighted by Gasteiger charge is -2.19. The first-order chi connectivity index (χ1) is 25.0. The number of carboxylic acids is 1. The number of ether oxygens (including phenoxy) is 2. The Morgan fingerprint density at radius 1 is 0.698 bits per heavy atom. The Kier molecular flexibility index (Phi) is 13.4. The van der Waals surface area contributed by atoms with Gasteiger partial charge in [-0.15, -0.1) is 0 Å². The molecule has 53 heavy (non-hydrogen) atoms. The van der Waals surface area contributed by atoms with Gasteiger partial charge in [0.25, 0.3) is 5.91 Å². The van der Waals surface area contributed by atoms with E-state index in [0.29, 0.717) is 51.6 Å². The molecule has 4 heterocycles. The van der Waals surface area contributed by atoms with Crippen molar-refractivity contribution in [2.24, 2.45) is 5.73 Å². The Morgan fingerprint density at radius 2 is 1.19 bits per heavy atom. The lowest BCUT2D eigenvalue weighted by Crippen LogP contribution is -2.33. The van der Waals surface area contributed by atoms with Crippen molar-refractivity contribution in [2.45, 2.75) is 103 Å². The van der Waals surface area contributed by atoms with Crippen molar-refractivity contribution in [3.8, 4) is 23.2 Å². The predicted octanol–water partition coefficient (Wildman–Crippen LogP) is 5.53. The molecule has 4 aromatic heterocycles. The Labute approximate surface area is 304 Å². The number of alkyl carbamates (subject to hydrolysis) is 2. The molecule has 0 aliphatic rings. The number of hydrogen-bond acceptors (Lipinski definition) is 15. The van der Waals surface area contributed by atoms with Gasteiger partial charge in [0.15, 0.2) is 22.8 Å². The van der Waals surface area contributed by atoms with Gasteiger partial charge in [-0.3, -0.25) is 4.79 Å². The summed E-state index contributed by atoms with van der Waals surface area (Å²) in [6.07, 6.45) is 6.96. The van der Waals surface area contributed by atoms with E-state index in [4.69, 9.17) is 32.9 Å². The maximum absolute atomic E-state index is 13.4. The van der Waals surface area contributed by atoms with Gasteiger partial charge >= 0.3 is 18.2 Å². The van der Waals surface area contributed by atoms with E-state index in [1.54, 1.807) is 41.5 Å². The van der Waals surface area contributed by atoms with Gasteiger partial charge in [0.1, 0.15) is 42.3 Å². The van der Waals surface area contributed by atoms with Gasteiger partial charge < -0.3 is 53.9 Å². The third-order valence-corrected chi connectivity index (χ3v) is 7.06. The number of nitrogens with zero attached hydrogens (tertiary/aromatic N) is 4. The van der Waals surface area contributed by atoms with E-state index in [-0.39, 0.29) is 46.3 Å². The number of unbranched alkanes of at least 4 members (excludes halogenated alkanes) is 2. The number of carbonyl (C=O) groups is 4. The van der Waals surface area contributed by atoms with Gasteiger partial charge in [0.05, 0.1) is 6.04 Å².